The summed E-state index contributed by atoms with van der Waals surface area (Å²) in [6.07, 6.45) is 3.67. The van der Waals surface area contributed by atoms with Crippen molar-refractivity contribution in [2.75, 3.05) is 0 Å². The molecule has 0 saturated heterocycles. The predicted octanol–water partition coefficient (Wildman–Crippen LogP) is 3.25. The number of benzene rings is 1. The van der Waals surface area contributed by atoms with Gasteiger partial charge in [-0.15, -0.1) is 0 Å². The van der Waals surface area contributed by atoms with Crippen molar-refractivity contribution in [2.24, 2.45) is 0 Å². The lowest BCUT2D eigenvalue weighted by Gasteiger charge is -2.12. The van der Waals surface area contributed by atoms with Gasteiger partial charge in [0.25, 0.3) is 0 Å². The van der Waals surface area contributed by atoms with Crippen molar-refractivity contribution in [1.82, 2.24) is 10.3 Å². The number of pyridine rings is 1. The Morgan fingerprint density at radius 3 is 2.47 bits per heavy atom. The van der Waals surface area contributed by atoms with Gasteiger partial charge in [-0.2, -0.15) is 0 Å². The van der Waals surface area contributed by atoms with Gasteiger partial charge in [0, 0.05) is 25.0 Å². The van der Waals surface area contributed by atoms with Gasteiger partial charge in [-0.05, 0) is 28.8 Å². The normalized spacial score (nSPS) is 10.8. The zero-order chi connectivity index (χ0) is 12.1. The molecule has 1 heterocycles. The van der Waals surface area contributed by atoms with Crippen molar-refractivity contribution in [1.29, 1.82) is 0 Å². The van der Waals surface area contributed by atoms with E-state index in [9.17, 15) is 0 Å². The molecule has 0 aliphatic heterocycles. The maximum absolute atomic E-state index is 4.06. The lowest BCUT2D eigenvalue weighted by atomic mass is 10.0. The van der Waals surface area contributed by atoms with Crippen molar-refractivity contribution in [3.8, 4) is 11.1 Å². The molecule has 0 spiro atoms. The molecule has 1 N–H and O–H groups in total. The Kier molecular flexibility index (Phi) is 3.89. The lowest BCUT2D eigenvalue weighted by Crippen LogP contribution is -2.22. The van der Waals surface area contributed by atoms with Crippen molar-refractivity contribution in [3.63, 3.8) is 0 Å². The van der Waals surface area contributed by atoms with Gasteiger partial charge in [0.2, 0.25) is 0 Å². The fourth-order valence-electron chi connectivity index (χ4n) is 1.80. The molecule has 17 heavy (non-hydrogen) atoms. The SMILES string of the molecule is CC(C)NCc1ccccc1-c1ccncc1. The van der Waals surface area contributed by atoms with E-state index in [1.165, 1.54) is 16.7 Å². The van der Waals surface area contributed by atoms with Gasteiger partial charge < -0.3 is 5.32 Å². The van der Waals surface area contributed by atoms with E-state index in [4.69, 9.17) is 0 Å². The molecule has 0 aliphatic carbocycles. The summed E-state index contributed by atoms with van der Waals surface area (Å²) in [7, 11) is 0. The minimum atomic E-state index is 0.500. The highest BCUT2D eigenvalue weighted by Gasteiger charge is 2.04. The van der Waals surface area contributed by atoms with Gasteiger partial charge in [0.05, 0.1) is 0 Å². The first kappa shape index (κ1) is 11.8. The van der Waals surface area contributed by atoms with Crippen LogP contribution in [0.1, 0.15) is 19.4 Å². The smallest absolute Gasteiger partial charge is 0.0273 e. The van der Waals surface area contributed by atoms with Gasteiger partial charge >= 0.3 is 0 Å². The van der Waals surface area contributed by atoms with Crippen molar-refractivity contribution in [3.05, 3.63) is 54.4 Å². The fraction of sp³-hybridized carbons (Fsp3) is 0.267. The topological polar surface area (TPSA) is 24.9 Å². The van der Waals surface area contributed by atoms with Crippen LogP contribution in [0, 0.1) is 0 Å². The Hall–Kier alpha value is -1.67. The maximum Gasteiger partial charge on any atom is 0.0273 e. The number of nitrogens with zero attached hydrogens (tertiary/aromatic N) is 1. The first-order valence-corrected chi connectivity index (χ1v) is 5.99. The Balaban J connectivity index is 2.28. The van der Waals surface area contributed by atoms with E-state index >= 15 is 0 Å². The zero-order valence-corrected chi connectivity index (χ0v) is 10.4. The average Bonchev–Trinajstić information content (AvgIpc) is 2.38. The van der Waals surface area contributed by atoms with E-state index in [-0.39, 0.29) is 0 Å². The van der Waals surface area contributed by atoms with Crippen LogP contribution in [0.2, 0.25) is 0 Å². The highest BCUT2D eigenvalue weighted by atomic mass is 14.9. The minimum absolute atomic E-state index is 0.500. The highest BCUT2D eigenvalue weighted by Crippen LogP contribution is 2.22. The zero-order valence-electron chi connectivity index (χ0n) is 10.4. The summed E-state index contributed by atoms with van der Waals surface area (Å²) in [5.41, 5.74) is 3.83. The molecular formula is C15H18N2. The third kappa shape index (κ3) is 3.14. The molecule has 0 atom stereocenters. The molecular weight excluding hydrogens is 208 g/mol. The van der Waals surface area contributed by atoms with Gasteiger partial charge in [-0.3, -0.25) is 4.98 Å². The summed E-state index contributed by atoms with van der Waals surface area (Å²) in [6.45, 7) is 5.22. The highest BCUT2D eigenvalue weighted by molar-refractivity contribution is 5.66. The second-order valence-electron chi connectivity index (χ2n) is 4.43. The molecule has 2 nitrogen and oxygen atoms in total. The molecule has 88 valence electrons. The van der Waals surface area contributed by atoms with Crippen LogP contribution < -0.4 is 5.32 Å². The molecule has 0 radical (unpaired) electrons. The standard InChI is InChI=1S/C15H18N2/c1-12(2)17-11-14-5-3-4-6-15(14)13-7-9-16-10-8-13/h3-10,12,17H,11H2,1-2H3. The predicted molar refractivity (Wildman–Crippen MR) is 71.6 cm³/mol. The number of aromatic nitrogens is 1. The monoisotopic (exact) mass is 226 g/mol. The van der Waals surface area contributed by atoms with E-state index in [2.05, 4.69) is 48.4 Å². The molecule has 1 aromatic carbocycles. The van der Waals surface area contributed by atoms with Crippen LogP contribution in [0.4, 0.5) is 0 Å². The van der Waals surface area contributed by atoms with E-state index in [0.29, 0.717) is 6.04 Å². The molecule has 0 fully saturated rings. The van der Waals surface area contributed by atoms with E-state index in [1.807, 2.05) is 24.5 Å². The largest absolute Gasteiger partial charge is 0.310 e. The van der Waals surface area contributed by atoms with Crippen LogP contribution in [0.15, 0.2) is 48.8 Å². The van der Waals surface area contributed by atoms with Gasteiger partial charge in [-0.25, -0.2) is 0 Å². The van der Waals surface area contributed by atoms with E-state index < -0.39 is 0 Å². The van der Waals surface area contributed by atoms with Crippen molar-refractivity contribution >= 4 is 0 Å². The number of hydrogen-bond donors (Lipinski definition) is 1. The van der Waals surface area contributed by atoms with Gasteiger partial charge in [-0.1, -0.05) is 38.1 Å². The Morgan fingerprint density at radius 1 is 1.06 bits per heavy atom. The fourth-order valence-corrected chi connectivity index (χ4v) is 1.80. The van der Waals surface area contributed by atoms with Crippen LogP contribution in [0.5, 0.6) is 0 Å². The van der Waals surface area contributed by atoms with Crippen LogP contribution >= 0.6 is 0 Å². The van der Waals surface area contributed by atoms with Crippen LogP contribution in [-0.2, 0) is 6.54 Å². The number of hydrogen-bond acceptors (Lipinski definition) is 2. The number of nitrogens with one attached hydrogen (secondary N) is 1. The quantitative estimate of drug-likeness (QED) is 0.865. The summed E-state index contributed by atoms with van der Waals surface area (Å²) in [5, 5.41) is 3.46. The third-order valence-corrected chi connectivity index (χ3v) is 2.71. The lowest BCUT2D eigenvalue weighted by molar-refractivity contribution is 0.589. The summed E-state index contributed by atoms with van der Waals surface area (Å²) in [5.74, 6) is 0. The molecule has 0 amide bonds. The molecule has 0 saturated carbocycles. The van der Waals surface area contributed by atoms with E-state index in [1.54, 1.807) is 0 Å². The summed E-state index contributed by atoms with van der Waals surface area (Å²) in [6, 6.07) is 13.1. The summed E-state index contributed by atoms with van der Waals surface area (Å²) >= 11 is 0. The Labute approximate surface area is 103 Å². The Morgan fingerprint density at radius 2 is 1.76 bits per heavy atom. The molecule has 2 rings (SSSR count). The first-order valence-electron chi connectivity index (χ1n) is 5.99. The van der Waals surface area contributed by atoms with Crippen molar-refractivity contribution < 1.29 is 0 Å². The van der Waals surface area contributed by atoms with Crippen LogP contribution in [-0.4, -0.2) is 11.0 Å². The number of rotatable bonds is 4. The second kappa shape index (κ2) is 5.60. The van der Waals surface area contributed by atoms with Crippen LogP contribution in [0.25, 0.3) is 11.1 Å². The maximum atomic E-state index is 4.06. The molecule has 1 aromatic heterocycles. The molecule has 0 bridgehead atoms. The molecule has 0 unspecified atom stereocenters. The third-order valence-electron chi connectivity index (χ3n) is 2.71. The molecule has 2 aromatic rings. The molecule has 2 heteroatoms. The van der Waals surface area contributed by atoms with Gasteiger partial charge in [0.1, 0.15) is 0 Å². The van der Waals surface area contributed by atoms with E-state index in [0.717, 1.165) is 6.54 Å². The van der Waals surface area contributed by atoms with Gasteiger partial charge in [0.15, 0.2) is 0 Å². The minimum Gasteiger partial charge on any atom is -0.310 e. The second-order valence-corrected chi connectivity index (χ2v) is 4.43. The average molecular weight is 226 g/mol. The van der Waals surface area contributed by atoms with Crippen LogP contribution in [0.3, 0.4) is 0 Å². The summed E-state index contributed by atoms with van der Waals surface area (Å²) in [4.78, 5) is 4.06. The summed E-state index contributed by atoms with van der Waals surface area (Å²) < 4.78 is 0. The molecule has 0 aliphatic rings. The first-order chi connectivity index (χ1) is 8.27. The van der Waals surface area contributed by atoms with Crippen molar-refractivity contribution in [2.45, 2.75) is 26.4 Å². The Bertz CT molecular complexity index is 463.